The van der Waals surface area contributed by atoms with Gasteiger partial charge >= 0.3 is 0 Å². The van der Waals surface area contributed by atoms with E-state index in [0.29, 0.717) is 23.7 Å². The lowest BCUT2D eigenvalue weighted by Crippen LogP contribution is -2.31. The van der Waals surface area contributed by atoms with Crippen LogP contribution in [0.3, 0.4) is 0 Å². The Hall–Kier alpha value is -3.02. The summed E-state index contributed by atoms with van der Waals surface area (Å²) in [6.45, 7) is 1.79. The van der Waals surface area contributed by atoms with Crippen LogP contribution in [0, 0.1) is 0 Å². The minimum Gasteiger partial charge on any atom is -0.493 e. The molecule has 0 aliphatic rings. The first-order valence-electron chi connectivity index (χ1n) is 7.90. The number of anilines is 2. The monoisotopic (exact) mass is 342 g/mol. The summed E-state index contributed by atoms with van der Waals surface area (Å²) in [5, 5.41) is 2.80. The van der Waals surface area contributed by atoms with Crippen molar-refractivity contribution in [3.8, 4) is 11.5 Å². The van der Waals surface area contributed by atoms with Crippen LogP contribution in [0.1, 0.15) is 13.3 Å². The van der Waals surface area contributed by atoms with E-state index in [1.54, 1.807) is 30.2 Å². The second kappa shape index (κ2) is 8.73. The van der Waals surface area contributed by atoms with E-state index in [9.17, 15) is 9.59 Å². The molecule has 0 unspecified atom stereocenters. The number of nitrogens with one attached hydrogen (secondary N) is 1. The van der Waals surface area contributed by atoms with Crippen molar-refractivity contribution >= 4 is 23.2 Å². The summed E-state index contributed by atoms with van der Waals surface area (Å²) in [4.78, 5) is 25.6. The molecule has 2 aromatic carbocycles. The van der Waals surface area contributed by atoms with Gasteiger partial charge in [-0.15, -0.1) is 0 Å². The van der Waals surface area contributed by atoms with E-state index in [-0.39, 0.29) is 18.2 Å². The van der Waals surface area contributed by atoms with Crippen LogP contribution in [-0.2, 0) is 9.59 Å². The number of amides is 2. The molecule has 2 rings (SSSR count). The first kappa shape index (κ1) is 18.3. The largest absolute Gasteiger partial charge is 0.493 e. The summed E-state index contributed by atoms with van der Waals surface area (Å²) in [5.41, 5.74) is 1.38. The fraction of sp³-hybridized carbons (Fsp3) is 0.263. The molecule has 0 spiro atoms. The molecule has 0 radical (unpaired) electrons. The molecule has 0 atom stereocenters. The number of benzene rings is 2. The van der Waals surface area contributed by atoms with Crippen LogP contribution >= 0.6 is 0 Å². The van der Waals surface area contributed by atoms with Gasteiger partial charge in [-0.3, -0.25) is 9.59 Å². The minimum absolute atomic E-state index is 0.106. The van der Waals surface area contributed by atoms with Crippen molar-refractivity contribution in [1.82, 2.24) is 0 Å². The van der Waals surface area contributed by atoms with Crippen molar-refractivity contribution < 1.29 is 19.1 Å². The summed E-state index contributed by atoms with van der Waals surface area (Å²) in [5.74, 6) is 0.835. The maximum Gasteiger partial charge on any atom is 0.226 e. The van der Waals surface area contributed by atoms with Gasteiger partial charge in [-0.05, 0) is 24.3 Å². The van der Waals surface area contributed by atoms with E-state index in [1.165, 1.54) is 14.0 Å². The lowest BCUT2D eigenvalue weighted by molar-refractivity contribution is -0.117. The van der Waals surface area contributed by atoms with Crippen molar-refractivity contribution in [2.24, 2.45) is 0 Å². The molecule has 6 nitrogen and oxygen atoms in total. The Kier molecular flexibility index (Phi) is 6.39. The second-order valence-corrected chi connectivity index (χ2v) is 5.37. The van der Waals surface area contributed by atoms with Crippen molar-refractivity contribution in [3.63, 3.8) is 0 Å². The van der Waals surface area contributed by atoms with Gasteiger partial charge in [0.2, 0.25) is 11.8 Å². The Bertz CT molecular complexity index is 731. The van der Waals surface area contributed by atoms with Crippen LogP contribution in [0.4, 0.5) is 11.4 Å². The number of ether oxygens (including phenoxy) is 2. The van der Waals surface area contributed by atoms with Crippen molar-refractivity contribution in [2.45, 2.75) is 13.3 Å². The number of para-hydroxylation sites is 1. The average Bonchev–Trinajstić information content (AvgIpc) is 2.62. The molecule has 0 saturated carbocycles. The molecular formula is C19H22N2O4. The van der Waals surface area contributed by atoms with Crippen LogP contribution in [0.25, 0.3) is 0 Å². The quantitative estimate of drug-likeness (QED) is 0.840. The molecule has 1 N–H and O–H groups in total. The van der Waals surface area contributed by atoms with E-state index in [4.69, 9.17) is 9.47 Å². The predicted molar refractivity (Wildman–Crippen MR) is 97.3 cm³/mol. The zero-order valence-electron chi connectivity index (χ0n) is 14.6. The molecule has 6 heteroatoms. The highest BCUT2D eigenvalue weighted by Gasteiger charge is 2.14. The number of carbonyl (C=O) groups is 2. The molecule has 2 aromatic rings. The normalized spacial score (nSPS) is 10.0. The number of hydrogen-bond donors (Lipinski definition) is 1. The van der Waals surface area contributed by atoms with E-state index in [0.717, 1.165) is 5.69 Å². The molecule has 0 heterocycles. The minimum atomic E-state index is -0.186. The summed E-state index contributed by atoms with van der Waals surface area (Å²) >= 11 is 0. The number of nitrogens with zero attached hydrogens (tertiary/aromatic N) is 1. The van der Waals surface area contributed by atoms with E-state index < -0.39 is 0 Å². The first-order chi connectivity index (χ1) is 12.0. The zero-order chi connectivity index (χ0) is 18.2. The first-order valence-corrected chi connectivity index (χ1v) is 7.90. The molecule has 0 bridgehead atoms. The van der Waals surface area contributed by atoms with Crippen molar-refractivity contribution in [3.05, 3.63) is 48.5 Å². The Morgan fingerprint density at radius 1 is 1.00 bits per heavy atom. The smallest absolute Gasteiger partial charge is 0.226 e. The van der Waals surface area contributed by atoms with Gasteiger partial charge in [0, 0.05) is 37.3 Å². The van der Waals surface area contributed by atoms with Crippen LogP contribution in [0.2, 0.25) is 0 Å². The summed E-state index contributed by atoms with van der Waals surface area (Å²) in [7, 11) is 3.09. The van der Waals surface area contributed by atoms with Gasteiger partial charge in [0.25, 0.3) is 0 Å². The number of methoxy groups -OCH3 is 2. The third kappa shape index (κ3) is 4.97. The highest BCUT2D eigenvalue weighted by atomic mass is 16.5. The number of hydrogen-bond acceptors (Lipinski definition) is 4. The van der Waals surface area contributed by atoms with Gasteiger partial charge in [0.15, 0.2) is 11.5 Å². The van der Waals surface area contributed by atoms with Crippen molar-refractivity contribution in [1.29, 1.82) is 0 Å². The Morgan fingerprint density at radius 3 is 2.28 bits per heavy atom. The van der Waals surface area contributed by atoms with Gasteiger partial charge in [-0.2, -0.15) is 0 Å². The molecule has 25 heavy (non-hydrogen) atoms. The third-order valence-corrected chi connectivity index (χ3v) is 3.68. The molecule has 0 aliphatic heterocycles. The van der Waals surface area contributed by atoms with Crippen LogP contribution in [0.5, 0.6) is 11.5 Å². The van der Waals surface area contributed by atoms with Gasteiger partial charge in [-0.1, -0.05) is 18.2 Å². The van der Waals surface area contributed by atoms with Gasteiger partial charge in [0.1, 0.15) is 0 Å². The standard InChI is InChI=1S/C19H22N2O4/c1-14(22)21(16-7-5-4-6-8-16)12-11-19(23)20-15-9-10-17(24-2)18(13-15)25-3/h4-10,13H,11-12H2,1-3H3,(H,20,23). The molecule has 132 valence electrons. The van der Waals surface area contributed by atoms with Crippen LogP contribution in [-0.4, -0.2) is 32.6 Å². The highest BCUT2D eigenvalue weighted by molar-refractivity contribution is 5.94. The predicted octanol–water partition coefficient (Wildman–Crippen LogP) is 3.09. The second-order valence-electron chi connectivity index (χ2n) is 5.37. The SMILES string of the molecule is COc1ccc(NC(=O)CCN(C(C)=O)c2ccccc2)cc1OC. The fourth-order valence-electron chi connectivity index (χ4n) is 2.43. The van der Waals surface area contributed by atoms with Gasteiger partial charge in [0.05, 0.1) is 14.2 Å². The summed E-state index contributed by atoms with van der Waals surface area (Å²) in [6, 6.07) is 14.4. The molecular weight excluding hydrogens is 320 g/mol. The van der Waals surface area contributed by atoms with Crippen molar-refractivity contribution in [2.75, 3.05) is 31.0 Å². The van der Waals surface area contributed by atoms with E-state index in [1.807, 2.05) is 30.3 Å². The molecule has 0 aliphatic carbocycles. The molecule has 0 aromatic heterocycles. The third-order valence-electron chi connectivity index (χ3n) is 3.68. The Labute approximate surface area is 147 Å². The maximum absolute atomic E-state index is 12.2. The maximum atomic E-state index is 12.2. The zero-order valence-corrected chi connectivity index (χ0v) is 14.6. The molecule has 0 fully saturated rings. The topological polar surface area (TPSA) is 67.9 Å². The van der Waals surface area contributed by atoms with Gasteiger partial charge in [-0.25, -0.2) is 0 Å². The fourth-order valence-corrected chi connectivity index (χ4v) is 2.43. The van der Waals surface area contributed by atoms with Gasteiger partial charge < -0.3 is 19.7 Å². The van der Waals surface area contributed by atoms with Crippen LogP contribution < -0.4 is 19.7 Å². The summed E-state index contributed by atoms with van der Waals surface area (Å²) < 4.78 is 10.4. The van der Waals surface area contributed by atoms with E-state index >= 15 is 0 Å². The Balaban J connectivity index is 1.99. The lowest BCUT2D eigenvalue weighted by Gasteiger charge is -2.21. The Morgan fingerprint density at radius 2 is 1.68 bits per heavy atom. The number of carbonyl (C=O) groups excluding carboxylic acids is 2. The lowest BCUT2D eigenvalue weighted by atomic mass is 10.2. The highest BCUT2D eigenvalue weighted by Crippen LogP contribution is 2.29. The molecule has 0 saturated heterocycles. The van der Waals surface area contributed by atoms with E-state index in [2.05, 4.69) is 5.32 Å². The van der Waals surface area contributed by atoms with Crippen LogP contribution in [0.15, 0.2) is 48.5 Å². The number of rotatable bonds is 7. The average molecular weight is 342 g/mol. The summed E-state index contributed by atoms with van der Waals surface area (Å²) in [6.07, 6.45) is 0.183. The molecule has 2 amide bonds.